The smallest absolute Gasteiger partial charge is 0.194 e. The van der Waals surface area contributed by atoms with Crippen molar-refractivity contribution in [1.82, 2.24) is 10.2 Å². The largest absolute Gasteiger partial charge is 0.370 e. The predicted octanol–water partition coefficient (Wildman–Crippen LogP) is -0.585. The first-order chi connectivity index (χ1) is 6.56. The van der Waals surface area contributed by atoms with Gasteiger partial charge >= 0.3 is 0 Å². The number of nitrogens with one attached hydrogen (secondary N) is 1. The van der Waals surface area contributed by atoms with Gasteiger partial charge in [0.25, 0.3) is 0 Å². The Morgan fingerprint density at radius 3 is 2.93 bits per heavy atom. The number of nitrogens with two attached hydrogens (primary N) is 2. The molecule has 0 aliphatic carbocycles. The SMILES string of the molecule is CCN(C)CCC1(N)C=CNC(N)=N1. The van der Waals surface area contributed by atoms with Crippen LogP contribution in [0.2, 0.25) is 0 Å². The zero-order chi connectivity index (χ0) is 10.6. The minimum atomic E-state index is -0.640. The Hall–Kier alpha value is -1.07. The van der Waals surface area contributed by atoms with Crippen molar-refractivity contribution in [3.05, 3.63) is 12.3 Å². The molecule has 1 aliphatic rings. The maximum Gasteiger partial charge on any atom is 0.194 e. The Kier molecular flexibility index (Phi) is 3.49. The topological polar surface area (TPSA) is 79.7 Å². The fourth-order valence-corrected chi connectivity index (χ4v) is 1.23. The third-order valence-corrected chi connectivity index (χ3v) is 2.37. The molecule has 0 amide bonds. The lowest BCUT2D eigenvalue weighted by Gasteiger charge is -2.27. The first-order valence-electron chi connectivity index (χ1n) is 4.83. The molecule has 1 aliphatic heterocycles. The molecular weight excluding hydrogens is 178 g/mol. The van der Waals surface area contributed by atoms with Crippen LogP contribution in [0.5, 0.6) is 0 Å². The molecule has 5 nitrogen and oxygen atoms in total. The van der Waals surface area contributed by atoms with Crippen LogP contribution in [-0.2, 0) is 0 Å². The summed E-state index contributed by atoms with van der Waals surface area (Å²) in [7, 11) is 2.06. The van der Waals surface area contributed by atoms with Crippen LogP contribution in [-0.4, -0.2) is 36.7 Å². The van der Waals surface area contributed by atoms with Gasteiger partial charge in [0.05, 0.1) is 0 Å². The summed E-state index contributed by atoms with van der Waals surface area (Å²) in [4.78, 5) is 6.36. The minimum Gasteiger partial charge on any atom is -0.370 e. The summed E-state index contributed by atoms with van der Waals surface area (Å²) in [5.74, 6) is 0.383. The number of rotatable bonds is 4. The van der Waals surface area contributed by atoms with Crippen molar-refractivity contribution >= 4 is 5.96 Å². The fraction of sp³-hybridized carbons (Fsp3) is 0.667. The van der Waals surface area contributed by atoms with Gasteiger partial charge in [-0.1, -0.05) is 6.92 Å². The Labute approximate surface area is 84.8 Å². The van der Waals surface area contributed by atoms with Crippen molar-refractivity contribution in [3.63, 3.8) is 0 Å². The van der Waals surface area contributed by atoms with Crippen molar-refractivity contribution in [2.45, 2.75) is 19.0 Å². The van der Waals surface area contributed by atoms with Crippen LogP contribution in [0.3, 0.4) is 0 Å². The third-order valence-electron chi connectivity index (χ3n) is 2.37. The lowest BCUT2D eigenvalue weighted by atomic mass is 10.1. The summed E-state index contributed by atoms with van der Waals surface area (Å²) in [6.07, 6.45) is 4.36. The molecule has 0 aromatic rings. The van der Waals surface area contributed by atoms with Crippen LogP contribution in [0.15, 0.2) is 17.3 Å². The molecule has 5 heteroatoms. The maximum absolute atomic E-state index is 6.03. The summed E-state index contributed by atoms with van der Waals surface area (Å²) in [5, 5.41) is 2.79. The van der Waals surface area contributed by atoms with E-state index in [1.807, 2.05) is 6.08 Å². The van der Waals surface area contributed by atoms with Gasteiger partial charge in [-0.25, -0.2) is 4.99 Å². The van der Waals surface area contributed by atoms with E-state index >= 15 is 0 Å². The Balaban J connectivity index is 2.49. The minimum absolute atomic E-state index is 0.383. The van der Waals surface area contributed by atoms with Crippen molar-refractivity contribution in [3.8, 4) is 0 Å². The Morgan fingerprint density at radius 2 is 2.36 bits per heavy atom. The van der Waals surface area contributed by atoms with Gasteiger partial charge in [0.2, 0.25) is 0 Å². The summed E-state index contributed by atoms with van der Waals surface area (Å²) < 4.78 is 0. The van der Waals surface area contributed by atoms with E-state index in [2.05, 4.69) is 29.2 Å². The zero-order valence-corrected chi connectivity index (χ0v) is 8.83. The van der Waals surface area contributed by atoms with E-state index in [-0.39, 0.29) is 0 Å². The van der Waals surface area contributed by atoms with Gasteiger partial charge in [0, 0.05) is 19.2 Å². The van der Waals surface area contributed by atoms with Crippen molar-refractivity contribution < 1.29 is 0 Å². The number of guanidine groups is 1. The molecule has 80 valence electrons. The van der Waals surface area contributed by atoms with Gasteiger partial charge in [-0.05, 0) is 19.7 Å². The molecule has 0 aromatic carbocycles. The highest BCUT2D eigenvalue weighted by atomic mass is 15.2. The molecule has 1 unspecified atom stereocenters. The highest BCUT2D eigenvalue weighted by Gasteiger charge is 2.23. The molecule has 1 atom stereocenters. The molecule has 0 spiro atoms. The average Bonchev–Trinajstić information content (AvgIpc) is 2.14. The van der Waals surface area contributed by atoms with Crippen molar-refractivity contribution in [2.24, 2.45) is 16.5 Å². The molecule has 0 aromatic heterocycles. The first-order valence-corrected chi connectivity index (χ1v) is 4.83. The quantitative estimate of drug-likeness (QED) is 0.563. The third kappa shape index (κ3) is 3.01. The molecule has 0 saturated carbocycles. The molecular formula is C9H19N5. The van der Waals surface area contributed by atoms with E-state index in [9.17, 15) is 0 Å². The van der Waals surface area contributed by atoms with Gasteiger partial charge in [-0.15, -0.1) is 0 Å². The number of aliphatic imine (C=N–C) groups is 1. The lowest BCUT2D eigenvalue weighted by Crippen LogP contribution is -2.46. The van der Waals surface area contributed by atoms with Crippen LogP contribution in [0, 0.1) is 0 Å². The van der Waals surface area contributed by atoms with E-state index in [0.717, 1.165) is 19.5 Å². The molecule has 1 rings (SSSR count). The summed E-state index contributed by atoms with van der Waals surface area (Å²) >= 11 is 0. The van der Waals surface area contributed by atoms with E-state index in [1.165, 1.54) is 0 Å². The average molecular weight is 197 g/mol. The van der Waals surface area contributed by atoms with Crippen molar-refractivity contribution in [2.75, 3.05) is 20.1 Å². The van der Waals surface area contributed by atoms with Crippen LogP contribution >= 0.6 is 0 Å². The maximum atomic E-state index is 6.03. The summed E-state index contributed by atoms with van der Waals surface area (Å²) in [6.45, 7) is 4.03. The lowest BCUT2D eigenvalue weighted by molar-refractivity contribution is 0.314. The van der Waals surface area contributed by atoms with Gasteiger partial charge in [0.15, 0.2) is 5.96 Å². The molecule has 14 heavy (non-hydrogen) atoms. The molecule has 0 saturated heterocycles. The van der Waals surface area contributed by atoms with Gasteiger partial charge in [-0.3, -0.25) is 0 Å². The van der Waals surface area contributed by atoms with Gasteiger partial charge < -0.3 is 21.7 Å². The van der Waals surface area contributed by atoms with Crippen molar-refractivity contribution in [1.29, 1.82) is 0 Å². The van der Waals surface area contributed by atoms with Crippen LogP contribution < -0.4 is 16.8 Å². The predicted molar refractivity (Wildman–Crippen MR) is 58.6 cm³/mol. The molecule has 5 N–H and O–H groups in total. The number of hydrogen-bond acceptors (Lipinski definition) is 5. The second kappa shape index (κ2) is 4.43. The highest BCUT2D eigenvalue weighted by Crippen LogP contribution is 2.13. The molecule has 0 bridgehead atoms. The summed E-state index contributed by atoms with van der Waals surface area (Å²) in [6, 6.07) is 0. The fourth-order valence-electron chi connectivity index (χ4n) is 1.23. The normalized spacial score (nSPS) is 26.1. The van der Waals surface area contributed by atoms with E-state index in [1.54, 1.807) is 6.20 Å². The number of hydrogen-bond donors (Lipinski definition) is 3. The van der Waals surface area contributed by atoms with Gasteiger partial charge in [0.1, 0.15) is 5.66 Å². The Bertz CT molecular complexity index is 248. The Morgan fingerprint density at radius 1 is 1.64 bits per heavy atom. The van der Waals surface area contributed by atoms with Crippen LogP contribution in [0.4, 0.5) is 0 Å². The standard InChI is InChI=1S/C9H19N5/c1-3-14(2)7-5-9(11)4-6-12-8(10)13-9/h4,6H,3,5,7,11H2,1-2H3,(H3,10,12,13). The van der Waals surface area contributed by atoms with E-state index in [4.69, 9.17) is 11.5 Å². The van der Waals surface area contributed by atoms with Gasteiger partial charge in [-0.2, -0.15) is 0 Å². The van der Waals surface area contributed by atoms with E-state index in [0.29, 0.717) is 5.96 Å². The highest BCUT2D eigenvalue weighted by molar-refractivity contribution is 5.80. The van der Waals surface area contributed by atoms with E-state index < -0.39 is 5.66 Å². The monoisotopic (exact) mass is 197 g/mol. The van der Waals surface area contributed by atoms with Crippen LogP contribution in [0.25, 0.3) is 0 Å². The molecule has 0 radical (unpaired) electrons. The number of nitrogens with zero attached hydrogens (tertiary/aromatic N) is 2. The summed E-state index contributed by atoms with van der Waals surface area (Å²) in [5.41, 5.74) is 10.9. The zero-order valence-electron chi connectivity index (χ0n) is 8.83. The second-order valence-corrected chi connectivity index (χ2v) is 3.61. The second-order valence-electron chi connectivity index (χ2n) is 3.61. The molecule has 0 fully saturated rings. The first kappa shape index (κ1) is 11.0. The van der Waals surface area contributed by atoms with Crippen LogP contribution in [0.1, 0.15) is 13.3 Å². The molecule has 1 heterocycles.